The van der Waals surface area contributed by atoms with Gasteiger partial charge in [0.2, 0.25) is 0 Å². The Balaban J connectivity index is 2.84. The molecular weight excluding hydrogens is 290 g/mol. The zero-order valence-corrected chi connectivity index (χ0v) is 11.2. The molecular formula is C11H14BrNO4. The highest BCUT2D eigenvalue weighted by atomic mass is 79.9. The second-order valence-electron chi connectivity index (χ2n) is 3.65. The zero-order chi connectivity index (χ0) is 13.0. The van der Waals surface area contributed by atoms with E-state index in [0.717, 1.165) is 0 Å². The normalized spacial score (nSPS) is 12.2. The quantitative estimate of drug-likeness (QED) is 0.906. The number of carboxylic acid groups (broad SMARTS) is 1. The maximum Gasteiger partial charge on any atom is 0.305 e. The summed E-state index contributed by atoms with van der Waals surface area (Å²) in [5.41, 5.74) is 0.407. The molecule has 1 aromatic rings. The van der Waals surface area contributed by atoms with E-state index in [1.807, 2.05) is 6.92 Å². The molecule has 1 rings (SSSR count). The van der Waals surface area contributed by atoms with Crippen LogP contribution in [0.15, 0.2) is 21.4 Å². The van der Waals surface area contributed by atoms with Crippen molar-refractivity contribution in [3.63, 3.8) is 0 Å². The Hall–Kier alpha value is -1.30. The van der Waals surface area contributed by atoms with Gasteiger partial charge < -0.3 is 14.4 Å². The Morgan fingerprint density at radius 1 is 1.59 bits per heavy atom. The van der Waals surface area contributed by atoms with Gasteiger partial charge in [-0.3, -0.25) is 9.59 Å². The summed E-state index contributed by atoms with van der Waals surface area (Å²) < 4.78 is 5.36. The Labute approximate surface area is 108 Å². The van der Waals surface area contributed by atoms with E-state index in [4.69, 9.17) is 9.52 Å². The third-order valence-corrected chi connectivity index (χ3v) is 3.07. The molecule has 0 aromatic carbocycles. The molecule has 0 aliphatic carbocycles. The molecule has 0 fully saturated rings. The largest absolute Gasteiger partial charge is 0.481 e. The number of amides is 1. The van der Waals surface area contributed by atoms with Crippen molar-refractivity contribution in [3.8, 4) is 0 Å². The number of aliphatic carboxylic acids is 1. The first kappa shape index (κ1) is 13.8. The van der Waals surface area contributed by atoms with Crippen molar-refractivity contribution >= 4 is 27.8 Å². The van der Waals surface area contributed by atoms with E-state index in [1.54, 1.807) is 13.0 Å². The Bertz CT molecular complexity index is 415. The van der Waals surface area contributed by atoms with Crippen LogP contribution >= 0.6 is 15.9 Å². The van der Waals surface area contributed by atoms with Crippen LogP contribution in [0.1, 0.15) is 30.6 Å². The standard InChI is InChI=1S/C11H14BrNO4/c1-3-13(7(2)6-9(14)15)11(16)8-4-5-17-10(8)12/h4-5,7H,3,6H2,1-2H3,(H,14,15). The highest BCUT2D eigenvalue weighted by Crippen LogP contribution is 2.20. The van der Waals surface area contributed by atoms with Crippen molar-refractivity contribution < 1.29 is 19.1 Å². The lowest BCUT2D eigenvalue weighted by Gasteiger charge is -2.26. The van der Waals surface area contributed by atoms with Gasteiger partial charge in [0.15, 0.2) is 4.67 Å². The zero-order valence-electron chi connectivity index (χ0n) is 9.64. The average Bonchev–Trinajstić information content (AvgIpc) is 2.64. The minimum atomic E-state index is -0.921. The van der Waals surface area contributed by atoms with Crippen LogP contribution in [-0.2, 0) is 4.79 Å². The molecule has 1 aromatic heterocycles. The third kappa shape index (κ3) is 3.33. The van der Waals surface area contributed by atoms with E-state index in [9.17, 15) is 9.59 Å². The maximum absolute atomic E-state index is 12.1. The summed E-state index contributed by atoms with van der Waals surface area (Å²) in [6.07, 6.45) is 1.34. The smallest absolute Gasteiger partial charge is 0.305 e. The summed E-state index contributed by atoms with van der Waals surface area (Å²) in [5, 5.41) is 8.73. The minimum Gasteiger partial charge on any atom is -0.481 e. The summed E-state index contributed by atoms with van der Waals surface area (Å²) in [5.74, 6) is -1.16. The van der Waals surface area contributed by atoms with Crippen molar-refractivity contribution in [2.75, 3.05) is 6.54 Å². The van der Waals surface area contributed by atoms with Crippen molar-refractivity contribution in [1.29, 1.82) is 0 Å². The molecule has 0 aliphatic heterocycles. The molecule has 1 amide bonds. The molecule has 1 heterocycles. The Morgan fingerprint density at radius 3 is 2.65 bits per heavy atom. The van der Waals surface area contributed by atoms with Gasteiger partial charge in [0, 0.05) is 12.6 Å². The van der Waals surface area contributed by atoms with Crippen LogP contribution in [0.5, 0.6) is 0 Å². The number of carboxylic acids is 1. The van der Waals surface area contributed by atoms with Crippen molar-refractivity contribution in [2.45, 2.75) is 26.3 Å². The second kappa shape index (κ2) is 5.86. The van der Waals surface area contributed by atoms with E-state index in [0.29, 0.717) is 16.8 Å². The lowest BCUT2D eigenvalue weighted by Crippen LogP contribution is -2.39. The molecule has 0 bridgehead atoms. The minimum absolute atomic E-state index is 0.0744. The molecule has 94 valence electrons. The molecule has 0 saturated carbocycles. The Morgan fingerprint density at radius 2 is 2.24 bits per heavy atom. The molecule has 5 nitrogen and oxygen atoms in total. The van der Waals surface area contributed by atoms with Gasteiger partial charge >= 0.3 is 5.97 Å². The van der Waals surface area contributed by atoms with E-state index in [1.165, 1.54) is 11.2 Å². The van der Waals surface area contributed by atoms with Gasteiger partial charge in [-0.25, -0.2) is 0 Å². The number of furan rings is 1. The molecule has 1 N–H and O–H groups in total. The number of hydrogen-bond acceptors (Lipinski definition) is 3. The number of carbonyl (C=O) groups excluding carboxylic acids is 1. The van der Waals surface area contributed by atoms with E-state index < -0.39 is 5.97 Å². The first-order valence-corrected chi connectivity index (χ1v) is 6.02. The van der Waals surface area contributed by atoms with Gasteiger partial charge in [0.05, 0.1) is 18.2 Å². The van der Waals surface area contributed by atoms with E-state index in [2.05, 4.69) is 15.9 Å². The van der Waals surface area contributed by atoms with Crippen LogP contribution < -0.4 is 0 Å². The SMILES string of the molecule is CCN(C(=O)c1ccoc1Br)C(C)CC(=O)O. The predicted molar refractivity (Wildman–Crippen MR) is 64.8 cm³/mol. The summed E-state index contributed by atoms with van der Waals surface area (Å²) in [4.78, 5) is 24.3. The topological polar surface area (TPSA) is 70.8 Å². The van der Waals surface area contributed by atoms with Gasteiger partial charge in [-0.2, -0.15) is 0 Å². The molecule has 0 saturated heterocycles. The van der Waals surface area contributed by atoms with Gasteiger partial charge in [0.25, 0.3) is 5.91 Å². The fourth-order valence-electron chi connectivity index (χ4n) is 1.62. The van der Waals surface area contributed by atoms with Crippen LogP contribution in [0.3, 0.4) is 0 Å². The summed E-state index contributed by atoms with van der Waals surface area (Å²) in [6.45, 7) is 3.97. The van der Waals surface area contributed by atoms with E-state index in [-0.39, 0.29) is 18.4 Å². The predicted octanol–water partition coefficient (Wildman–Crippen LogP) is 2.37. The second-order valence-corrected chi connectivity index (χ2v) is 4.37. The number of nitrogens with zero attached hydrogens (tertiary/aromatic N) is 1. The van der Waals surface area contributed by atoms with Gasteiger partial charge in [0.1, 0.15) is 0 Å². The molecule has 1 unspecified atom stereocenters. The van der Waals surface area contributed by atoms with Crippen molar-refractivity contribution in [3.05, 3.63) is 22.6 Å². The monoisotopic (exact) mass is 303 g/mol. The highest BCUT2D eigenvalue weighted by molar-refractivity contribution is 9.10. The van der Waals surface area contributed by atoms with Crippen LogP contribution in [0.4, 0.5) is 0 Å². The third-order valence-electron chi connectivity index (χ3n) is 2.45. The molecule has 17 heavy (non-hydrogen) atoms. The molecule has 1 atom stereocenters. The maximum atomic E-state index is 12.1. The number of carbonyl (C=O) groups is 2. The highest BCUT2D eigenvalue weighted by Gasteiger charge is 2.24. The lowest BCUT2D eigenvalue weighted by molar-refractivity contribution is -0.138. The summed E-state index contributed by atoms with van der Waals surface area (Å²) in [6, 6.07) is 1.20. The Kier molecular flexibility index (Phi) is 4.74. The summed E-state index contributed by atoms with van der Waals surface area (Å²) in [7, 11) is 0. The number of hydrogen-bond donors (Lipinski definition) is 1. The summed E-state index contributed by atoms with van der Waals surface area (Å²) >= 11 is 3.13. The molecule has 6 heteroatoms. The fourth-order valence-corrected chi connectivity index (χ4v) is 2.03. The van der Waals surface area contributed by atoms with Gasteiger partial charge in [-0.1, -0.05) is 0 Å². The molecule has 0 radical (unpaired) electrons. The van der Waals surface area contributed by atoms with E-state index >= 15 is 0 Å². The number of rotatable bonds is 5. The van der Waals surface area contributed by atoms with Gasteiger partial charge in [-0.15, -0.1) is 0 Å². The lowest BCUT2D eigenvalue weighted by atomic mass is 10.1. The van der Waals surface area contributed by atoms with Crippen molar-refractivity contribution in [1.82, 2.24) is 4.90 Å². The van der Waals surface area contributed by atoms with Crippen LogP contribution in [-0.4, -0.2) is 34.5 Å². The van der Waals surface area contributed by atoms with Gasteiger partial charge in [-0.05, 0) is 35.8 Å². The first-order valence-electron chi connectivity index (χ1n) is 5.23. The molecule has 0 spiro atoms. The van der Waals surface area contributed by atoms with Crippen LogP contribution in [0.25, 0.3) is 0 Å². The van der Waals surface area contributed by atoms with Crippen LogP contribution in [0, 0.1) is 0 Å². The first-order chi connectivity index (χ1) is 7.97. The average molecular weight is 304 g/mol. The van der Waals surface area contributed by atoms with Crippen LogP contribution in [0.2, 0.25) is 0 Å². The van der Waals surface area contributed by atoms with Crippen molar-refractivity contribution in [2.24, 2.45) is 0 Å². The number of halogens is 1. The molecule has 0 aliphatic rings. The fraction of sp³-hybridized carbons (Fsp3) is 0.455.